The van der Waals surface area contributed by atoms with Crippen molar-refractivity contribution >= 4 is 22.6 Å². The van der Waals surface area contributed by atoms with E-state index in [1.54, 1.807) is 0 Å². The average Bonchev–Trinajstić information content (AvgIpc) is 2.35. The molecule has 0 aliphatic rings. The molecule has 0 aromatic carbocycles. The first-order chi connectivity index (χ1) is 10.2. The van der Waals surface area contributed by atoms with Gasteiger partial charge < -0.3 is 5.11 Å². The molecule has 1 nitrogen and oxygen atoms in total. The van der Waals surface area contributed by atoms with Gasteiger partial charge in [0.25, 0.3) is 0 Å². The first kappa shape index (κ1) is 23.8. The number of hydrogen-bond acceptors (Lipinski definition) is 1. The summed E-state index contributed by atoms with van der Waals surface area (Å²) >= 11 is 0.825. The van der Waals surface area contributed by atoms with Crippen LogP contribution in [0.3, 0.4) is 0 Å². The van der Waals surface area contributed by atoms with Crippen LogP contribution < -0.4 is 0 Å². The maximum Gasteiger partial charge on any atom is 0.460 e. The Labute approximate surface area is 138 Å². The van der Waals surface area contributed by atoms with E-state index in [4.69, 9.17) is 5.11 Å². The van der Waals surface area contributed by atoms with Crippen LogP contribution in [-0.2, 0) is 0 Å². The van der Waals surface area contributed by atoms with Gasteiger partial charge in [0.1, 0.15) is 0 Å². The van der Waals surface area contributed by atoms with Crippen molar-refractivity contribution in [1.29, 1.82) is 0 Å². The summed E-state index contributed by atoms with van der Waals surface area (Å²) in [6.45, 7) is -1.31. The molecule has 0 rings (SSSR count). The van der Waals surface area contributed by atoms with Crippen molar-refractivity contribution in [3.05, 3.63) is 0 Å². The van der Waals surface area contributed by atoms with E-state index in [1.807, 2.05) is 0 Å². The van der Waals surface area contributed by atoms with Crippen LogP contribution in [-0.4, -0.2) is 51.4 Å². The van der Waals surface area contributed by atoms with Gasteiger partial charge in [0.2, 0.25) is 0 Å². The molecule has 0 aliphatic heterocycles. The third-order valence-corrected chi connectivity index (χ3v) is 3.51. The largest absolute Gasteiger partial charge is 0.460 e. The Hall–Kier alpha value is -0.220. The monoisotopic (exact) mass is 504 g/mol. The van der Waals surface area contributed by atoms with Crippen molar-refractivity contribution in [2.45, 2.75) is 46.1 Å². The van der Waals surface area contributed by atoms with Gasteiger partial charge in [-0.25, -0.2) is 0 Å². The summed E-state index contributed by atoms with van der Waals surface area (Å²) in [7, 11) is 0. The number of rotatable bonds is 7. The molecule has 0 heterocycles. The molecular formula is C9H6F13IO. The minimum atomic E-state index is -7.88. The van der Waals surface area contributed by atoms with E-state index in [0.29, 0.717) is 0 Å². The second kappa shape index (κ2) is 6.50. The normalized spacial score (nSPS) is 17.1. The van der Waals surface area contributed by atoms with Crippen LogP contribution in [0.15, 0.2) is 0 Å². The van der Waals surface area contributed by atoms with E-state index < -0.39 is 52.7 Å². The average molecular weight is 504 g/mol. The molecule has 0 saturated carbocycles. The lowest BCUT2D eigenvalue weighted by atomic mass is 9.92. The van der Waals surface area contributed by atoms with Crippen molar-refractivity contribution in [1.82, 2.24) is 0 Å². The van der Waals surface area contributed by atoms with Crippen molar-refractivity contribution in [3.63, 3.8) is 0 Å². The molecule has 15 heteroatoms. The fraction of sp³-hybridized carbons (Fsp3) is 1.00. The molecule has 0 spiro atoms. The number of aliphatic hydroxyl groups is 1. The Bertz CT molecular complexity index is 443. The number of aliphatic hydroxyl groups excluding tert-OH is 1. The fourth-order valence-electron chi connectivity index (χ4n) is 1.27. The maximum atomic E-state index is 13.1. The highest BCUT2D eigenvalue weighted by atomic mass is 127. The first-order valence-electron chi connectivity index (χ1n) is 5.41. The summed E-state index contributed by atoms with van der Waals surface area (Å²) in [5.41, 5.74) is 0. The number of hydrogen-bond donors (Lipinski definition) is 1. The number of halogens is 14. The maximum absolute atomic E-state index is 13.1. The van der Waals surface area contributed by atoms with E-state index in [-0.39, 0.29) is 0 Å². The Morgan fingerprint density at radius 1 is 0.625 bits per heavy atom. The fourth-order valence-corrected chi connectivity index (χ4v) is 1.83. The van der Waals surface area contributed by atoms with E-state index in [9.17, 15) is 57.1 Å². The van der Waals surface area contributed by atoms with Gasteiger partial charge in [-0.1, -0.05) is 22.6 Å². The molecular weight excluding hydrogens is 498 g/mol. The summed E-state index contributed by atoms with van der Waals surface area (Å²) in [4.78, 5) is 0. The standard InChI is InChI=1S/C9H6F13IO/c10-4(11,1-3(23)2-24)5(12,13)6(14,15)7(16,17)8(18,19)9(20,21)22/h3,24H,1-2H2/t3-/m0/s1. The highest BCUT2D eigenvalue weighted by molar-refractivity contribution is 14.1. The number of alkyl halides is 14. The molecule has 0 saturated heterocycles. The molecule has 1 atom stereocenters. The van der Waals surface area contributed by atoms with Crippen LogP contribution in [0.5, 0.6) is 0 Å². The molecule has 24 heavy (non-hydrogen) atoms. The summed E-state index contributed by atoms with van der Waals surface area (Å²) in [6.07, 6.45) is -9.80. The topological polar surface area (TPSA) is 20.2 Å². The van der Waals surface area contributed by atoms with Gasteiger partial charge in [0, 0.05) is 10.3 Å². The van der Waals surface area contributed by atoms with Gasteiger partial charge in [-0.15, -0.1) is 0 Å². The minimum Gasteiger partial charge on any atom is -0.395 e. The zero-order valence-electron chi connectivity index (χ0n) is 10.7. The zero-order chi connectivity index (χ0) is 20.0. The lowest BCUT2D eigenvalue weighted by Crippen LogP contribution is -2.70. The van der Waals surface area contributed by atoms with Crippen LogP contribution in [0.4, 0.5) is 57.1 Å². The Morgan fingerprint density at radius 2 is 0.958 bits per heavy atom. The predicted molar refractivity (Wildman–Crippen MR) is 60.3 cm³/mol. The molecule has 0 aromatic rings. The minimum absolute atomic E-state index is 0.825. The Morgan fingerprint density at radius 3 is 1.25 bits per heavy atom. The SMILES string of the molecule is OC[C@@H](I)CC(F)(F)C(F)(F)C(F)(F)C(F)(F)C(F)(F)C(F)(F)F. The quantitative estimate of drug-likeness (QED) is 0.297. The molecule has 0 unspecified atom stereocenters. The van der Waals surface area contributed by atoms with Crippen LogP contribution in [0.2, 0.25) is 0 Å². The molecule has 1 N–H and O–H groups in total. The second-order valence-electron chi connectivity index (χ2n) is 4.48. The van der Waals surface area contributed by atoms with E-state index in [0.717, 1.165) is 22.6 Å². The van der Waals surface area contributed by atoms with Crippen LogP contribution in [0, 0.1) is 0 Å². The lowest BCUT2D eigenvalue weighted by Gasteiger charge is -2.40. The van der Waals surface area contributed by atoms with Crippen molar-refractivity contribution < 1.29 is 62.2 Å². The molecule has 0 fully saturated rings. The Kier molecular flexibility index (Phi) is 6.44. The molecule has 0 amide bonds. The van der Waals surface area contributed by atoms with Gasteiger partial charge in [0.15, 0.2) is 0 Å². The third kappa shape index (κ3) is 3.51. The smallest absolute Gasteiger partial charge is 0.395 e. The summed E-state index contributed by atoms with van der Waals surface area (Å²) < 4.78 is 163. The Balaban J connectivity index is 6.11. The third-order valence-electron chi connectivity index (χ3n) is 2.67. The molecule has 146 valence electrons. The van der Waals surface area contributed by atoms with Crippen molar-refractivity contribution in [3.8, 4) is 0 Å². The molecule has 0 bridgehead atoms. The lowest BCUT2D eigenvalue weighted by molar-refractivity contribution is -0.440. The van der Waals surface area contributed by atoms with E-state index >= 15 is 0 Å². The van der Waals surface area contributed by atoms with Gasteiger partial charge in [-0.2, -0.15) is 57.1 Å². The highest BCUT2D eigenvalue weighted by Gasteiger charge is 2.90. The molecule has 0 aliphatic carbocycles. The van der Waals surface area contributed by atoms with Gasteiger partial charge in [-0.05, 0) is 0 Å². The van der Waals surface area contributed by atoms with E-state index in [2.05, 4.69) is 0 Å². The van der Waals surface area contributed by atoms with Crippen LogP contribution >= 0.6 is 22.6 Å². The summed E-state index contributed by atoms with van der Waals surface area (Å²) in [5, 5.41) is 8.37. The predicted octanol–water partition coefficient (Wildman–Crippen LogP) is 4.91. The first-order valence-corrected chi connectivity index (χ1v) is 6.66. The van der Waals surface area contributed by atoms with Crippen molar-refractivity contribution in [2.24, 2.45) is 0 Å². The highest BCUT2D eigenvalue weighted by Crippen LogP contribution is 2.60. The van der Waals surface area contributed by atoms with Gasteiger partial charge >= 0.3 is 35.8 Å². The van der Waals surface area contributed by atoms with E-state index in [1.165, 1.54) is 0 Å². The molecule has 0 radical (unpaired) electrons. The van der Waals surface area contributed by atoms with Gasteiger partial charge in [0.05, 0.1) is 6.61 Å². The van der Waals surface area contributed by atoms with Crippen LogP contribution in [0.1, 0.15) is 6.42 Å². The van der Waals surface area contributed by atoms with Crippen LogP contribution in [0.25, 0.3) is 0 Å². The molecule has 0 aromatic heterocycles. The zero-order valence-corrected chi connectivity index (χ0v) is 12.9. The van der Waals surface area contributed by atoms with Gasteiger partial charge in [-0.3, -0.25) is 0 Å². The summed E-state index contributed by atoms with van der Waals surface area (Å²) in [5.74, 6) is -36.8. The summed E-state index contributed by atoms with van der Waals surface area (Å²) in [6, 6.07) is 0. The van der Waals surface area contributed by atoms with Crippen molar-refractivity contribution in [2.75, 3.05) is 6.61 Å². The second-order valence-corrected chi connectivity index (χ2v) is 6.25.